The molecule has 4 rings (SSSR count). The zero-order valence-corrected chi connectivity index (χ0v) is 17.3. The van der Waals surface area contributed by atoms with Crippen molar-refractivity contribution in [3.8, 4) is 0 Å². The Morgan fingerprint density at radius 2 is 1.83 bits per heavy atom. The number of nitrogens with one attached hydrogen (secondary N) is 1. The molecule has 1 aromatic heterocycles. The molecule has 1 saturated heterocycles. The molecule has 2 heterocycles. The third kappa shape index (κ3) is 4.54. The number of aromatic nitrogens is 2. The van der Waals surface area contributed by atoms with E-state index in [1.165, 1.54) is 29.0 Å². The van der Waals surface area contributed by atoms with Gasteiger partial charge in [-0.25, -0.2) is 4.39 Å². The molecule has 0 spiro atoms. The second kappa shape index (κ2) is 8.71. The maximum Gasteiger partial charge on any atom is 0.230 e. The van der Waals surface area contributed by atoms with Crippen LogP contribution >= 0.6 is 11.3 Å². The zero-order valence-electron chi connectivity index (χ0n) is 16.5. The summed E-state index contributed by atoms with van der Waals surface area (Å²) < 4.78 is 13.0. The molecule has 1 aliphatic rings. The number of amides is 2. The highest BCUT2D eigenvalue weighted by molar-refractivity contribution is 7.15. The summed E-state index contributed by atoms with van der Waals surface area (Å²) in [5.74, 6) is -0.580. The summed E-state index contributed by atoms with van der Waals surface area (Å²) in [5.41, 5.74) is 2.83. The molecule has 0 bridgehead atoms. The molecule has 8 heteroatoms. The van der Waals surface area contributed by atoms with Crippen LogP contribution in [0.5, 0.6) is 0 Å². The van der Waals surface area contributed by atoms with Crippen LogP contribution in [0, 0.1) is 5.82 Å². The number of carbonyl (C=O) groups excluding carboxylic acids is 2. The number of halogens is 1. The standard InChI is InChI=1S/C22H21FN4O2S/c1-2-14-5-9-18(10-6-14)27-13-16(12-20(27)29)21-25-26-22(30-21)24-19(28)11-15-3-7-17(23)8-4-15/h3-10,16H,2,11-13H2,1H3,(H,24,26,28). The maximum atomic E-state index is 13.0. The molecule has 0 radical (unpaired) electrons. The highest BCUT2D eigenvalue weighted by Crippen LogP contribution is 2.34. The second-order valence-electron chi connectivity index (χ2n) is 7.22. The summed E-state index contributed by atoms with van der Waals surface area (Å²) >= 11 is 1.28. The molecule has 1 unspecified atom stereocenters. The summed E-state index contributed by atoms with van der Waals surface area (Å²) in [6, 6.07) is 13.8. The van der Waals surface area contributed by atoms with E-state index in [1.807, 2.05) is 24.3 Å². The number of benzene rings is 2. The normalized spacial score (nSPS) is 16.1. The molecule has 30 heavy (non-hydrogen) atoms. The van der Waals surface area contributed by atoms with Crippen molar-refractivity contribution in [3.63, 3.8) is 0 Å². The predicted molar refractivity (Wildman–Crippen MR) is 114 cm³/mol. The summed E-state index contributed by atoms with van der Waals surface area (Å²) in [7, 11) is 0. The molecule has 0 saturated carbocycles. The van der Waals surface area contributed by atoms with Gasteiger partial charge in [-0.1, -0.05) is 42.5 Å². The van der Waals surface area contributed by atoms with Gasteiger partial charge in [-0.2, -0.15) is 0 Å². The van der Waals surface area contributed by atoms with Gasteiger partial charge in [0, 0.05) is 24.6 Å². The Morgan fingerprint density at radius 1 is 1.13 bits per heavy atom. The number of rotatable bonds is 6. The monoisotopic (exact) mass is 424 g/mol. The van der Waals surface area contributed by atoms with Crippen molar-refractivity contribution in [2.75, 3.05) is 16.8 Å². The molecule has 2 aromatic carbocycles. The smallest absolute Gasteiger partial charge is 0.230 e. The molecular weight excluding hydrogens is 403 g/mol. The topological polar surface area (TPSA) is 75.2 Å². The van der Waals surface area contributed by atoms with Crippen molar-refractivity contribution in [3.05, 3.63) is 70.5 Å². The molecule has 0 aliphatic carbocycles. The SMILES string of the molecule is CCc1ccc(N2CC(c3nnc(NC(=O)Cc4ccc(F)cc4)s3)CC2=O)cc1. The van der Waals surface area contributed by atoms with Crippen molar-refractivity contribution in [2.45, 2.75) is 32.1 Å². The van der Waals surface area contributed by atoms with Gasteiger partial charge in [0.25, 0.3) is 0 Å². The van der Waals surface area contributed by atoms with Gasteiger partial charge < -0.3 is 10.2 Å². The van der Waals surface area contributed by atoms with E-state index >= 15 is 0 Å². The van der Waals surface area contributed by atoms with E-state index in [0.29, 0.717) is 23.7 Å². The van der Waals surface area contributed by atoms with Crippen LogP contribution in [0.1, 0.15) is 35.4 Å². The fourth-order valence-electron chi connectivity index (χ4n) is 3.44. The van der Waals surface area contributed by atoms with E-state index in [0.717, 1.165) is 17.1 Å². The summed E-state index contributed by atoms with van der Waals surface area (Å²) in [4.78, 5) is 26.5. The lowest BCUT2D eigenvalue weighted by Crippen LogP contribution is -2.24. The minimum Gasteiger partial charge on any atom is -0.312 e. The number of hydrogen-bond donors (Lipinski definition) is 1. The van der Waals surface area contributed by atoms with Gasteiger partial charge in [0.05, 0.1) is 6.42 Å². The molecular formula is C22H21FN4O2S. The van der Waals surface area contributed by atoms with Crippen LogP contribution in [-0.2, 0) is 22.4 Å². The lowest BCUT2D eigenvalue weighted by atomic mass is 10.1. The highest BCUT2D eigenvalue weighted by Gasteiger charge is 2.34. The van der Waals surface area contributed by atoms with Crippen molar-refractivity contribution >= 4 is 34.0 Å². The molecule has 154 valence electrons. The second-order valence-corrected chi connectivity index (χ2v) is 8.23. The predicted octanol–water partition coefficient (Wildman–Crippen LogP) is 3.94. The molecule has 2 amide bonds. The Kier molecular flexibility index (Phi) is 5.85. The van der Waals surface area contributed by atoms with Gasteiger partial charge in [-0.15, -0.1) is 10.2 Å². The van der Waals surface area contributed by atoms with E-state index in [-0.39, 0.29) is 30.0 Å². The fraction of sp³-hybridized carbons (Fsp3) is 0.273. The average molecular weight is 425 g/mol. The third-order valence-electron chi connectivity index (χ3n) is 5.10. The first-order valence-electron chi connectivity index (χ1n) is 9.79. The van der Waals surface area contributed by atoms with Gasteiger partial charge in [-0.05, 0) is 41.8 Å². The minimum atomic E-state index is -0.339. The van der Waals surface area contributed by atoms with Crippen LogP contribution < -0.4 is 10.2 Å². The van der Waals surface area contributed by atoms with Crippen LogP contribution in [0.4, 0.5) is 15.2 Å². The van der Waals surface area contributed by atoms with Gasteiger partial charge in [0.2, 0.25) is 16.9 Å². The minimum absolute atomic E-state index is 0.0522. The average Bonchev–Trinajstić information content (AvgIpc) is 3.36. The Balaban J connectivity index is 1.38. The number of nitrogens with zero attached hydrogens (tertiary/aromatic N) is 3. The van der Waals surface area contributed by atoms with E-state index in [4.69, 9.17) is 0 Å². The quantitative estimate of drug-likeness (QED) is 0.650. The van der Waals surface area contributed by atoms with Crippen LogP contribution in [0.2, 0.25) is 0 Å². The highest BCUT2D eigenvalue weighted by atomic mass is 32.1. The van der Waals surface area contributed by atoms with Gasteiger partial charge in [-0.3, -0.25) is 9.59 Å². The lowest BCUT2D eigenvalue weighted by Gasteiger charge is -2.16. The van der Waals surface area contributed by atoms with E-state index in [2.05, 4.69) is 22.4 Å². The number of carbonyl (C=O) groups is 2. The molecule has 1 atom stereocenters. The number of anilines is 2. The fourth-order valence-corrected chi connectivity index (χ4v) is 4.29. The van der Waals surface area contributed by atoms with E-state index in [1.54, 1.807) is 17.0 Å². The lowest BCUT2D eigenvalue weighted by molar-refractivity contribution is -0.117. The van der Waals surface area contributed by atoms with Gasteiger partial charge >= 0.3 is 0 Å². The Morgan fingerprint density at radius 3 is 2.53 bits per heavy atom. The van der Waals surface area contributed by atoms with E-state index in [9.17, 15) is 14.0 Å². The van der Waals surface area contributed by atoms with Crippen LogP contribution in [-0.4, -0.2) is 28.6 Å². The largest absolute Gasteiger partial charge is 0.312 e. The molecule has 1 N–H and O–H groups in total. The van der Waals surface area contributed by atoms with Crippen molar-refractivity contribution in [1.29, 1.82) is 0 Å². The maximum absolute atomic E-state index is 13.0. The number of aryl methyl sites for hydroxylation is 1. The first-order chi connectivity index (χ1) is 14.5. The summed E-state index contributed by atoms with van der Waals surface area (Å²) in [6.45, 7) is 2.64. The Hall–Kier alpha value is -3.13. The molecule has 1 fully saturated rings. The van der Waals surface area contributed by atoms with Gasteiger partial charge in [0.1, 0.15) is 10.8 Å². The van der Waals surface area contributed by atoms with Crippen LogP contribution in [0.25, 0.3) is 0 Å². The third-order valence-corrected chi connectivity index (χ3v) is 6.10. The molecule has 1 aliphatic heterocycles. The zero-order chi connectivity index (χ0) is 21.1. The number of hydrogen-bond acceptors (Lipinski definition) is 5. The van der Waals surface area contributed by atoms with E-state index < -0.39 is 0 Å². The summed E-state index contributed by atoms with van der Waals surface area (Å²) in [5, 5.41) is 12.1. The Labute approximate surface area is 177 Å². The van der Waals surface area contributed by atoms with Crippen molar-refractivity contribution in [1.82, 2.24) is 10.2 Å². The first kappa shape index (κ1) is 20.2. The van der Waals surface area contributed by atoms with Gasteiger partial charge in [0.15, 0.2) is 0 Å². The van der Waals surface area contributed by atoms with Crippen LogP contribution in [0.3, 0.4) is 0 Å². The Bertz CT molecular complexity index is 1050. The van der Waals surface area contributed by atoms with Crippen LogP contribution in [0.15, 0.2) is 48.5 Å². The molecule has 3 aromatic rings. The van der Waals surface area contributed by atoms with Crippen molar-refractivity contribution in [2.24, 2.45) is 0 Å². The first-order valence-corrected chi connectivity index (χ1v) is 10.6. The molecule has 6 nitrogen and oxygen atoms in total. The summed E-state index contributed by atoms with van der Waals surface area (Å²) in [6.07, 6.45) is 1.45. The van der Waals surface area contributed by atoms with Crippen molar-refractivity contribution < 1.29 is 14.0 Å².